The first-order chi connectivity index (χ1) is 17.1. The summed E-state index contributed by atoms with van der Waals surface area (Å²) in [5.41, 5.74) is -0.275. The Labute approximate surface area is 210 Å². The summed E-state index contributed by atoms with van der Waals surface area (Å²) in [5.74, 6) is -1.43. The highest BCUT2D eigenvalue weighted by atomic mass is 79.9. The monoisotopic (exact) mass is 556 g/mol. The van der Waals surface area contributed by atoms with Crippen LogP contribution in [0.2, 0.25) is 0 Å². The van der Waals surface area contributed by atoms with Gasteiger partial charge in [0.2, 0.25) is 0 Å². The number of aromatic nitrogens is 3. The Morgan fingerprint density at radius 1 is 1.11 bits per heavy atom. The van der Waals surface area contributed by atoms with E-state index in [4.69, 9.17) is 5.26 Å². The summed E-state index contributed by atoms with van der Waals surface area (Å²) >= 11 is 3.26. The number of nitriles is 1. The molecule has 4 rings (SSSR count). The molecule has 182 valence electrons. The van der Waals surface area contributed by atoms with Gasteiger partial charge in [-0.3, -0.25) is 14.3 Å². The lowest BCUT2D eigenvalue weighted by atomic mass is 10.1. The van der Waals surface area contributed by atoms with Crippen molar-refractivity contribution in [1.29, 1.82) is 5.26 Å². The number of halogens is 4. The molecule has 0 bridgehead atoms. The smallest absolute Gasteiger partial charge is 0.354 e. The zero-order valence-electron chi connectivity index (χ0n) is 18.5. The molecule has 0 saturated heterocycles. The Morgan fingerprint density at radius 3 is 2.47 bits per heavy atom. The molecule has 0 fully saturated rings. The fourth-order valence-electron chi connectivity index (χ4n) is 3.53. The van der Waals surface area contributed by atoms with E-state index in [0.29, 0.717) is 16.1 Å². The van der Waals surface area contributed by atoms with Crippen LogP contribution in [-0.4, -0.2) is 33.6 Å². The molecule has 0 aliphatic heterocycles. The highest BCUT2D eigenvalue weighted by molar-refractivity contribution is 9.10. The standard InChI is InChI=1S/C24H16BrF3N6O2/c1-30-23(36)21-19(11-31-34(21)12-14-4-2-13(10-29)3-5-14)33-22(35)17-9-20(24(26,27)28)32-18-7-6-15(25)8-16(17)18/h2-9,11H,12H2,1H3,(H,30,36)(H,33,35). The topological polar surface area (TPSA) is 113 Å². The second-order valence-electron chi connectivity index (χ2n) is 7.62. The van der Waals surface area contributed by atoms with E-state index in [1.165, 1.54) is 36.1 Å². The van der Waals surface area contributed by atoms with E-state index < -0.39 is 23.7 Å². The third-order valence-corrected chi connectivity index (χ3v) is 5.74. The lowest BCUT2D eigenvalue weighted by Crippen LogP contribution is -2.25. The van der Waals surface area contributed by atoms with Crippen LogP contribution < -0.4 is 10.6 Å². The maximum Gasteiger partial charge on any atom is 0.433 e. The summed E-state index contributed by atoms with van der Waals surface area (Å²) in [6.45, 7) is 0.147. The molecule has 0 aliphatic carbocycles. The third-order valence-electron chi connectivity index (χ3n) is 5.25. The average molecular weight is 557 g/mol. The molecule has 2 aromatic heterocycles. The van der Waals surface area contributed by atoms with Crippen LogP contribution >= 0.6 is 15.9 Å². The maximum absolute atomic E-state index is 13.5. The predicted octanol–water partition coefficient (Wildman–Crippen LogP) is 4.74. The number of rotatable bonds is 5. The molecule has 2 aromatic carbocycles. The Kier molecular flexibility index (Phi) is 6.76. The van der Waals surface area contributed by atoms with E-state index in [1.54, 1.807) is 24.3 Å². The summed E-state index contributed by atoms with van der Waals surface area (Å²) < 4.78 is 42.2. The number of anilines is 1. The Bertz CT molecular complexity index is 1520. The van der Waals surface area contributed by atoms with Gasteiger partial charge < -0.3 is 10.6 Å². The van der Waals surface area contributed by atoms with Crippen molar-refractivity contribution in [3.63, 3.8) is 0 Å². The number of amides is 2. The second kappa shape index (κ2) is 9.79. The average Bonchev–Trinajstić information content (AvgIpc) is 3.24. The quantitative estimate of drug-likeness (QED) is 0.368. The highest BCUT2D eigenvalue weighted by Gasteiger charge is 2.34. The minimum Gasteiger partial charge on any atom is -0.354 e. The summed E-state index contributed by atoms with van der Waals surface area (Å²) in [5, 5.41) is 18.3. The van der Waals surface area contributed by atoms with Crippen LogP contribution in [-0.2, 0) is 12.7 Å². The zero-order chi connectivity index (χ0) is 26.0. The molecule has 0 saturated carbocycles. The third kappa shape index (κ3) is 5.06. The minimum atomic E-state index is -4.77. The maximum atomic E-state index is 13.5. The Morgan fingerprint density at radius 2 is 1.83 bits per heavy atom. The lowest BCUT2D eigenvalue weighted by Gasteiger charge is -2.13. The van der Waals surface area contributed by atoms with Crippen molar-refractivity contribution < 1.29 is 22.8 Å². The van der Waals surface area contributed by atoms with Gasteiger partial charge in [0.15, 0.2) is 0 Å². The summed E-state index contributed by atoms with van der Waals surface area (Å²) in [6.07, 6.45) is -3.52. The SMILES string of the molecule is CNC(=O)c1c(NC(=O)c2cc(C(F)(F)F)nc3ccc(Br)cc23)cnn1Cc1ccc(C#N)cc1. The molecule has 4 aromatic rings. The van der Waals surface area contributed by atoms with Crippen LogP contribution in [0.25, 0.3) is 10.9 Å². The number of nitrogens with zero attached hydrogens (tertiary/aromatic N) is 4. The van der Waals surface area contributed by atoms with Gasteiger partial charge in [0, 0.05) is 16.9 Å². The molecule has 8 nitrogen and oxygen atoms in total. The number of fused-ring (bicyclic) bond motifs is 1. The predicted molar refractivity (Wildman–Crippen MR) is 128 cm³/mol. The van der Waals surface area contributed by atoms with Gasteiger partial charge in [-0.15, -0.1) is 0 Å². The molecule has 0 radical (unpaired) electrons. The molecule has 2 heterocycles. The van der Waals surface area contributed by atoms with Gasteiger partial charge in [-0.05, 0) is 42.0 Å². The number of nitrogens with one attached hydrogen (secondary N) is 2. The normalized spacial score (nSPS) is 11.2. The zero-order valence-corrected chi connectivity index (χ0v) is 20.1. The van der Waals surface area contributed by atoms with E-state index >= 15 is 0 Å². The van der Waals surface area contributed by atoms with Gasteiger partial charge in [0.1, 0.15) is 11.4 Å². The number of hydrogen-bond donors (Lipinski definition) is 2. The van der Waals surface area contributed by atoms with Gasteiger partial charge in [-0.1, -0.05) is 28.1 Å². The van der Waals surface area contributed by atoms with Crippen LogP contribution in [0, 0.1) is 11.3 Å². The largest absolute Gasteiger partial charge is 0.433 e. The molecule has 0 atom stereocenters. The Balaban J connectivity index is 1.73. The van der Waals surface area contributed by atoms with E-state index in [9.17, 15) is 22.8 Å². The van der Waals surface area contributed by atoms with Crippen molar-refractivity contribution in [2.24, 2.45) is 0 Å². The van der Waals surface area contributed by atoms with Crippen LogP contribution in [0.5, 0.6) is 0 Å². The van der Waals surface area contributed by atoms with Crippen LogP contribution in [0.15, 0.2) is 59.2 Å². The van der Waals surface area contributed by atoms with Crippen molar-refractivity contribution in [2.75, 3.05) is 12.4 Å². The molecule has 36 heavy (non-hydrogen) atoms. The first kappa shape index (κ1) is 24.9. The number of pyridine rings is 1. The minimum absolute atomic E-state index is 0.00537. The summed E-state index contributed by atoms with van der Waals surface area (Å²) in [6, 6.07) is 13.7. The van der Waals surface area contributed by atoms with Gasteiger partial charge in [-0.25, -0.2) is 4.98 Å². The molecule has 2 amide bonds. The fourth-order valence-corrected chi connectivity index (χ4v) is 3.89. The van der Waals surface area contributed by atoms with Gasteiger partial charge in [-0.2, -0.15) is 23.5 Å². The molecule has 0 spiro atoms. The van der Waals surface area contributed by atoms with Crippen molar-refractivity contribution in [1.82, 2.24) is 20.1 Å². The molecule has 0 aliphatic rings. The van der Waals surface area contributed by atoms with E-state index in [1.807, 2.05) is 6.07 Å². The van der Waals surface area contributed by atoms with Gasteiger partial charge in [0.05, 0.1) is 41.1 Å². The first-order valence-electron chi connectivity index (χ1n) is 10.4. The summed E-state index contributed by atoms with van der Waals surface area (Å²) in [7, 11) is 1.40. The molecule has 12 heteroatoms. The number of hydrogen-bond acceptors (Lipinski definition) is 5. The van der Waals surface area contributed by atoms with Crippen LogP contribution in [0.4, 0.5) is 18.9 Å². The van der Waals surface area contributed by atoms with E-state index in [2.05, 4.69) is 36.6 Å². The number of carbonyl (C=O) groups excluding carboxylic acids is 2. The van der Waals surface area contributed by atoms with E-state index in [0.717, 1.165) is 5.56 Å². The number of carbonyl (C=O) groups is 2. The Hall–Kier alpha value is -4.24. The molecular formula is C24H16BrF3N6O2. The van der Waals surface area contributed by atoms with Crippen LogP contribution in [0.3, 0.4) is 0 Å². The summed E-state index contributed by atoms with van der Waals surface area (Å²) in [4.78, 5) is 29.5. The molecular weight excluding hydrogens is 541 g/mol. The number of alkyl halides is 3. The second-order valence-corrected chi connectivity index (χ2v) is 8.54. The van der Waals surface area contributed by atoms with Crippen molar-refractivity contribution in [3.05, 3.63) is 87.3 Å². The van der Waals surface area contributed by atoms with Crippen molar-refractivity contribution in [2.45, 2.75) is 12.7 Å². The van der Waals surface area contributed by atoms with E-state index in [-0.39, 0.29) is 34.4 Å². The van der Waals surface area contributed by atoms with Gasteiger partial charge in [0.25, 0.3) is 11.8 Å². The van der Waals surface area contributed by atoms with Crippen molar-refractivity contribution >= 4 is 44.3 Å². The highest BCUT2D eigenvalue weighted by Crippen LogP contribution is 2.32. The number of benzene rings is 2. The molecule has 2 N–H and O–H groups in total. The lowest BCUT2D eigenvalue weighted by molar-refractivity contribution is -0.140. The fraction of sp³-hybridized carbons (Fsp3) is 0.125. The molecule has 0 unspecified atom stereocenters. The van der Waals surface area contributed by atoms with Crippen LogP contribution in [0.1, 0.15) is 37.7 Å². The van der Waals surface area contributed by atoms with Crippen molar-refractivity contribution in [3.8, 4) is 6.07 Å². The van der Waals surface area contributed by atoms with Gasteiger partial charge >= 0.3 is 6.18 Å². The first-order valence-corrected chi connectivity index (χ1v) is 11.2.